The quantitative estimate of drug-likeness (QED) is 0.646. The standard InChI is InChI=1S/C16H27NO3/c1-4-5-9-19-11-15(18)12-20-16-13(2)7-6-8-14(16)10-17-3/h6-8,15,17-18H,4-5,9-12H2,1-3H3. The molecule has 0 bridgehead atoms. The monoisotopic (exact) mass is 281 g/mol. The van der Waals surface area contributed by atoms with Crippen molar-refractivity contribution in [1.29, 1.82) is 0 Å². The van der Waals surface area contributed by atoms with Crippen LogP contribution in [0.2, 0.25) is 0 Å². The van der Waals surface area contributed by atoms with E-state index in [0.29, 0.717) is 13.2 Å². The van der Waals surface area contributed by atoms with Crippen molar-refractivity contribution >= 4 is 0 Å². The summed E-state index contributed by atoms with van der Waals surface area (Å²) in [6.45, 7) is 6.16. The molecule has 1 aromatic rings. The highest BCUT2D eigenvalue weighted by molar-refractivity contribution is 5.40. The van der Waals surface area contributed by atoms with Gasteiger partial charge in [0, 0.05) is 18.7 Å². The number of aryl methyl sites for hydroxylation is 1. The summed E-state index contributed by atoms with van der Waals surface area (Å²) in [7, 11) is 1.91. The zero-order valence-corrected chi connectivity index (χ0v) is 12.8. The third kappa shape index (κ3) is 5.90. The van der Waals surface area contributed by atoms with Crippen LogP contribution in [-0.2, 0) is 11.3 Å². The van der Waals surface area contributed by atoms with Crippen LogP contribution in [0.25, 0.3) is 0 Å². The molecule has 20 heavy (non-hydrogen) atoms. The molecule has 4 nitrogen and oxygen atoms in total. The molecule has 0 amide bonds. The van der Waals surface area contributed by atoms with E-state index in [1.165, 1.54) is 0 Å². The predicted octanol–water partition coefficient (Wildman–Crippen LogP) is 2.27. The van der Waals surface area contributed by atoms with Gasteiger partial charge >= 0.3 is 0 Å². The molecule has 0 saturated heterocycles. The van der Waals surface area contributed by atoms with Crippen molar-refractivity contribution in [2.24, 2.45) is 0 Å². The average molecular weight is 281 g/mol. The van der Waals surface area contributed by atoms with Crippen molar-refractivity contribution in [2.75, 3.05) is 26.9 Å². The Balaban J connectivity index is 2.44. The van der Waals surface area contributed by atoms with Gasteiger partial charge in [-0.25, -0.2) is 0 Å². The number of aliphatic hydroxyl groups is 1. The first-order chi connectivity index (χ1) is 9.69. The maximum Gasteiger partial charge on any atom is 0.126 e. The van der Waals surface area contributed by atoms with Crippen LogP contribution in [0.1, 0.15) is 30.9 Å². The molecule has 0 fully saturated rings. The van der Waals surface area contributed by atoms with E-state index < -0.39 is 6.10 Å². The van der Waals surface area contributed by atoms with Gasteiger partial charge in [0.15, 0.2) is 0 Å². The Morgan fingerprint density at radius 3 is 2.80 bits per heavy atom. The van der Waals surface area contributed by atoms with Crippen molar-refractivity contribution in [2.45, 2.75) is 39.3 Å². The Labute approximate surface area is 122 Å². The molecule has 0 aliphatic heterocycles. The summed E-state index contributed by atoms with van der Waals surface area (Å²) < 4.78 is 11.2. The molecule has 1 atom stereocenters. The molecule has 1 aromatic carbocycles. The van der Waals surface area contributed by atoms with Gasteiger partial charge in [0.2, 0.25) is 0 Å². The van der Waals surface area contributed by atoms with Crippen LogP contribution < -0.4 is 10.1 Å². The molecule has 0 aliphatic carbocycles. The normalized spacial score (nSPS) is 12.4. The van der Waals surface area contributed by atoms with E-state index in [2.05, 4.69) is 12.2 Å². The van der Waals surface area contributed by atoms with Crippen LogP contribution in [0.4, 0.5) is 0 Å². The number of hydrogen-bond acceptors (Lipinski definition) is 4. The summed E-state index contributed by atoms with van der Waals surface area (Å²) in [5.41, 5.74) is 2.18. The van der Waals surface area contributed by atoms with Crippen molar-refractivity contribution in [3.05, 3.63) is 29.3 Å². The molecule has 0 saturated carbocycles. The number of hydrogen-bond donors (Lipinski definition) is 2. The zero-order valence-electron chi connectivity index (χ0n) is 12.8. The van der Waals surface area contributed by atoms with Crippen LogP contribution in [-0.4, -0.2) is 38.1 Å². The molecule has 1 unspecified atom stereocenters. The lowest BCUT2D eigenvalue weighted by Gasteiger charge is -2.17. The molecule has 0 heterocycles. The van der Waals surface area contributed by atoms with Gasteiger partial charge in [-0.1, -0.05) is 31.5 Å². The van der Waals surface area contributed by atoms with Crippen molar-refractivity contribution in [3.8, 4) is 5.75 Å². The van der Waals surface area contributed by atoms with Gasteiger partial charge in [-0.3, -0.25) is 0 Å². The fourth-order valence-corrected chi connectivity index (χ4v) is 1.94. The van der Waals surface area contributed by atoms with E-state index in [0.717, 1.165) is 36.3 Å². The Morgan fingerprint density at radius 2 is 2.10 bits per heavy atom. The number of unbranched alkanes of at least 4 members (excludes halogenated alkanes) is 1. The molecular weight excluding hydrogens is 254 g/mol. The maximum absolute atomic E-state index is 9.86. The number of aliphatic hydroxyl groups excluding tert-OH is 1. The largest absolute Gasteiger partial charge is 0.490 e. The van der Waals surface area contributed by atoms with E-state index in [9.17, 15) is 5.11 Å². The van der Waals surface area contributed by atoms with Gasteiger partial charge in [0.1, 0.15) is 18.5 Å². The highest BCUT2D eigenvalue weighted by atomic mass is 16.5. The summed E-state index contributed by atoms with van der Waals surface area (Å²) in [4.78, 5) is 0. The van der Waals surface area contributed by atoms with Gasteiger partial charge in [0.05, 0.1) is 6.61 Å². The number of benzene rings is 1. The fraction of sp³-hybridized carbons (Fsp3) is 0.625. The summed E-state index contributed by atoms with van der Waals surface area (Å²) in [6.07, 6.45) is 1.54. The summed E-state index contributed by atoms with van der Waals surface area (Å²) in [6, 6.07) is 6.06. The first kappa shape index (κ1) is 17.0. The molecule has 0 aromatic heterocycles. The van der Waals surface area contributed by atoms with Crippen LogP contribution in [0, 0.1) is 6.92 Å². The van der Waals surface area contributed by atoms with E-state index in [1.807, 2.05) is 32.2 Å². The minimum Gasteiger partial charge on any atom is -0.490 e. The van der Waals surface area contributed by atoms with Gasteiger partial charge in [-0.15, -0.1) is 0 Å². The van der Waals surface area contributed by atoms with E-state index in [4.69, 9.17) is 9.47 Å². The molecule has 0 radical (unpaired) electrons. The summed E-state index contributed by atoms with van der Waals surface area (Å²) in [5.74, 6) is 0.856. The first-order valence-corrected chi connectivity index (χ1v) is 7.30. The van der Waals surface area contributed by atoms with Crippen LogP contribution in [0.3, 0.4) is 0 Å². The minimum absolute atomic E-state index is 0.258. The number of ether oxygens (including phenoxy) is 2. The average Bonchev–Trinajstić information content (AvgIpc) is 2.43. The van der Waals surface area contributed by atoms with Gasteiger partial charge < -0.3 is 19.9 Å². The predicted molar refractivity (Wildman–Crippen MR) is 81.2 cm³/mol. The summed E-state index contributed by atoms with van der Waals surface area (Å²) in [5, 5.41) is 13.0. The lowest BCUT2D eigenvalue weighted by Crippen LogP contribution is -2.24. The zero-order chi connectivity index (χ0) is 14.8. The topological polar surface area (TPSA) is 50.7 Å². The molecule has 0 spiro atoms. The minimum atomic E-state index is -0.589. The Kier molecular flexibility index (Phi) is 8.26. The smallest absolute Gasteiger partial charge is 0.126 e. The van der Waals surface area contributed by atoms with Gasteiger partial charge in [0.25, 0.3) is 0 Å². The molecule has 4 heteroatoms. The molecule has 0 aliphatic rings. The number of nitrogens with one attached hydrogen (secondary N) is 1. The molecule has 2 N–H and O–H groups in total. The maximum atomic E-state index is 9.86. The lowest BCUT2D eigenvalue weighted by molar-refractivity contribution is 0.0110. The number of para-hydroxylation sites is 1. The SMILES string of the molecule is CCCCOCC(O)COc1c(C)cccc1CNC. The molecule has 114 valence electrons. The second-order valence-corrected chi connectivity index (χ2v) is 4.99. The van der Waals surface area contributed by atoms with E-state index in [-0.39, 0.29) is 6.61 Å². The van der Waals surface area contributed by atoms with Crippen LogP contribution in [0.15, 0.2) is 18.2 Å². The molecular formula is C16H27NO3. The fourth-order valence-electron chi connectivity index (χ4n) is 1.94. The summed E-state index contributed by atoms with van der Waals surface area (Å²) >= 11 is 0. The third-order valence-electron chi connectivity index (χ3n) is 3.03. The third-order valence-corrected chi connectivity index (χ3v) is 3.03. The van der Waals surface area contributed by atoms with Crippen molar-refractivity contribution in [3.63, 3.8) is 0 Å². The van der Waals surface area contributed by atoms with E-state index in [1.54, 1.807) is 0 Å². The first-order valence-electron chi connectivity index (χ1n) is 7.30. The second kappa shape index (κ2) is 9.75. The van der Waals surface area contributed by atoms with Gasteiger partial charge in [-0.05, 0) is 26.0 Å². The Morgan fingerprint density at radius 1 is 1.30 bits per heavy atom. The van der Waals surface area contributed by atoms with E-state index >= 15 is 0 Å². The van der Waals surface area contributed by atoms with Crippen molar-refractivity contribution < 1.29 is 14.6 Å². The lowest BCUT2D eigenvalue weighted by atomic mass is 10.1. The Bertz CT molecular complexity index is 382. The number of rotatable bonds is 10. The van der Waals surface area contributed by atoms with Crippen LogP contribution in [0.5, 0.6) is 5.75 Å². The second-order valence-electron chi connectivity index (χ2n) is 4.99. The Hall–Kier alpha value is -1.10. The van der Waals surface area contributed by atoms with Gasteiger partial charge in [-0.2, -0.15) is 0 Å². The molecule has 1 rings (SSSR count). The van der Waals surface area contributed by atoms with Crippen LogP contribution >= 0.6 is 0 Å². The highest BCUT2D eigenvalue weighted by Crippen LogP contribution is 2.23. The highest BCUT2D eigenvalue weighted by Gasteiger charge is 2.10. The van der Waals surface area contributed by atoms with Crippen molar-refractivity contribution in [1.82, 2.24) is 5.32 Å².